The molecule has 0 spiro atoms. The lowest BCUT2D eigenvalue weighted by Gasteiger charge is -2.24. The number of para-hydroxylation sites is 1. The predicted molar refractivity (Wildman–Crippen MR) is 128 cm³/mol. The van der Waals surface area contributed by atoms with Gasteiger partial charge in [-0.2, -0.15) is 0 Å². The number of amides is 1. The highest BCUT2D eigenvalue weighted by atomic mass is 16.5. The number of aliphatic hydroxyl groups excluding tert-OH is 1. The molecule has 1 fully saturated rings. The number of fused-ring (bicyclic) bond motifs is 1. The van der Waals surface area contributed by atoms with E-state index in [1.54, 1.807) is 36.7 Å². The van der Waals surface area contributed by atoms with Crippen LogP contribution < -0.4 is 4.74 Å². The number of nitrogens with zero attached hydrogens (tertiary/aromatic N) is 2. The number of hydrogen-bond donors (Lipinski definition) is 2. The van der Waals surface area contributed by atoms with E-state index < -0.39 is 17.7 Å². The molecule has 4 aromatic rings. The number of ketones is 1. The molecule has 1 amide bonds. The lowest BCUT2D eigenvalue weighted by molar-refractivity contribution is -0.140. The normalized spacial score (nSPS) is 17.5. The van der Waals surface area contributed by atoms with Crippen molar-refractivity contribution < 1.29 is 19.4 Å². The highest BCUT2D eigenvalue weighted by Crippen LogP contribution is 2.43. The van der Waals surface area contributed by atoms with Crippen LogP contribution in [0.3, 0.4) is 0 Å². The smallest absolute Gasteiger partial charge is 0.296 e. The molecule has 5 rings (SSSR count). The van der Waals surface area contributed by atoms with Crippen molar-refractivity contribution in [1.29, 1.82) is 0 Å². The molecule has 0 saturated carbocycles. The third kappa shape index (κ3) is 3.51. The van der Waals surface area contributed by atoms with Crippen molar-refractivity contribution in [3.63, 3.8) is 0 Å². The van der Waals surface area contributed by atoms with Crippen LogP contribution in [0.25, 0.3) is 16.7 Å². The number of carbonyl (C=O) groups is 2. The molecule has 170 valence electrons. The van der Waals surface area contributed by atoms with Gasteiger partial charge in [-0.1, -0.05) is 35.9 Å². The van der Waals surface area contributed by atoms with Gasteiger partial charge in [0.05, 0.1) is 36.5 Å². The zero-order chi connectivity index (χ0) is 23.8. The summed E-state index contributed by atoms with van der Waals surface area (Å²) in [4.78, 5) is 35.7. The van der Waals surface area contributed by atoms with Gasteiger partial charge in [0, 0.05) is 28.9 Å². The fourth-order valence-corrected chi connectivity index (χ4v) is 4.50. The topological polar surface area (TPSA) is 95.5 Å². The van der Waals surface area contributed by atoms with Crippen molar-refractivity contribution in [2.45, 2.75) is 19.5 Å². The van der Waals surface area contributed by atoms with Crippen LogP contribution in [0.1, 0.15) is 28.4 Å². The van der Waals surface area contributed by atoms with Gasteiger partial charge in [-0.15, -0.1) is 0 Å². The summed E-state index contributed by atoms with van der Waals surface area (Å²) in [5.41, 5.74) is 3.50. The van der Waals surface area contributed by atoms with Crippen molar-refractivity contribution in [1.82, 2.24) is 14.9 Å². The molecule has 3 heterocycles. The van der Waals surface area contributed by atoms with Crippen molar-refractivity contribution in [2.75, 3.05) is 7.11 Å². The Morgan fingerprint density at radius 3 is 2.68 bits per heavy atom. The highest BCUT2D eigenvalue weighted by molar-refractivity contribution is 6.46. The Balaban J connectivity index is 1.74. The van der Waals surface area contributed by atoms with Crippen LogP contribution in [0.2, 0.25) is 0 Å². The third-order valence-corrected chi connectivity index (χ3v) is 6.12. The Morgan fingerprint density at radius 1 is 1.12 bits per heavy atom. The Hall–Kier alpha value is -4.39. The van der Waals surface area contributed by atoms with E-state index in [4.69, 9.17) is 4.74 Å². The van der Waals surface area contributed by atoms with E-state index in [1.807, 2.05) is 43.3 Å². The van der Waals surface area contributed by atoms with Gasteiger partial charge >= 0.3 is 0 Å². The largest absolute Gasteiger partial charge is 0.507 e. The van der Waals surface area contributed by atoms with E-state index in [9.17, 15) is 14.7 Å². The van der Waals surface area contributed by atoms with Crippen LogP contribution in [-0.2, 0) is 16.1 Å². The molecule has 34 heavy (non-hydrogen) atoms. The van der Waals surface area contributed by atoms with Crippen LogP contribution in [0.15, 0.2) is 78.6 Å². The van der Waals surface area contributed by atoms with Gasteiger partial charge in [0.2, 0.25) is 0 Å². The maximum Gasteiger partial charge on any atom is 0.296 e. The molecule has 0 aliphatic carbocycles. The maximum atomic E-state index is 13.4. The van der Waals surface area contributed by atoms with E-state index in [2.05, 4.69) is 9.97 Å². The molecule has 1 atom stereocenters. The van der Waals surface area contributed by atoms with E-state index >= 15 is 0 Å². The van der Waals surface area contributed by atoms with Gasteiger partial charge in [-0.25, -0.2) is 0 Å². The maximum absolute atomic E-state index is 13.4. The van der Waals surface area contributed by atoms with Crippen LogP contribution >= 0.6 is 0 Å². The van der Waals surface area contributed by atoms with Gasteiger partial charge in [0.25, 0.3) is 11.7 Å². The standard InChI is InChI=1S/C27H23N3O4/c1-16-10-11-22(34-2)19(13-16)25(31)23-24(20-14-29-21-9-4-3-8-18(20)21)30(27(33)26(23)32)15-17-7-5-6-12-28-17/h3-14,24,29,31H,15H2,1-2H3/b25-23+. The number of Topliss-reactive ketones (excluding diaryl/α,β-unsaturated/α-hetero) is 1. The quantitative estimate of drug-likeness (QED) is 0.264. The fourth-order valence-electron chi connectivity index (χ4n) is 4.50. The van der Waals surface area contributed by atoms with E-state index in [1.165, 1.54) is 12.0 Å². The van der Waals surface area contributed by atoms with Gasteiger partial charge in [-0.05, 0) is 37.3 Å². The molecule has 2 aromatic carbocycles. The summed E-state index contributed by atoms with van der Waals surface area (Å²) in [6, 6.07) is 17.6. The Morgan fingerprint density at radius 2 is 1.91 bits per heavy atom. The summed E-state index contributed by atoms with van der Waals surface area (Å²) in [5.74, 6) is -1.28. The minimum absolute atomic E-state index is 0.0228. The number of aryl methyl sites for hydroxylation is 1. The van der Waals surface area contributed by atoms with Crippen LogP contribution in [-0.4, -0.2) is 38.8 Å². The summed E-state index contributed by atoms with van der Waals surface area (Å²) < 4.78 is 5.44. The van der Waals surface area contributed by atoms with E-state index in [0.29, 0.717) is 17.0 Å². The SMILES string of the molecule is COc1ccc(C)cc1/C(O)=C1\C(=O)C(=O)N(Cc2ccccn2)C1c1c[nH]c2ccccc12. The number of likely N-dealkylation sites (tertiary alicyclic amines) is 1. The van der Waals surface area contributed by atoms with E-state index in [-0.39, 0.29) is 17.9 Å². The van der Waals surface area contributed by atoms with Gasteiger partial charge in [-0.3, -0.25) is 14.6 Å². The molecule has 1 saturated heterocycles. The number of aromatic amines is 1. The fraction of sp³-hybridized carbons (Fsp3) is 0.148. The first-order valence-electron chi connectivity index (χ1n) is 10.9. The Kier molecular flexibility index (Phi) is 5.37. The monoisotopic (exact) mass is 453 g/mol. The van der Waals surface area contributed by atoms with Gasteiger partial charge in [0.15, 0.2) is 0 Å². The van der Waals surface area contributed by atoms with Crippen molar-refractivity contribution in [2.24, 2.45) is 0 Å². The first-order chi connectivity index (χ1) is 16.5. The molecule has 7 nitrogen and oxygen atoms in total. The molecular weight excluding hydrogens is 430 g/mol. The molecule has 1 aliphatic rings. The number of nitrogens with one attached hydrogen (secondary N) is 1. The van der Waals surface area contributed by atoms with Gasteiger partial charge in [0.1, 0.15) is 11.5 Å². The summed E-state index contributed by atoms with van der Waals surface area (Å²) in [6.07, 6.45) is 3.43. The zero-order valence-electron chi connectivity index (χ0n) is 18.8. The minimum Gasteiger partial charge on any atom is -0.507 e. The summed E-state index contributed by atoms with van der Waals surface area (Å²) >= 11 is 0. The number of methoxy groups -OCH3 is 1. The number of hydrogen-bond acceptors (Lipinski definition) is 5. The minimum atomic E-state index is -0.802. The molecule has 7 heteroatoms. The number of ether oxygens (including phenoxy) is 1. The highest BCUT2D eigenvalue weighted by Gasteiger charge is 2.47. The second-order valence-corrected chi connectivity index (χ2v) is 8.24. The van der Waals surface area contributed by atoms with Crippen molar-refractivity contribution in [3.05, 3.63) is 101 Å². The molecular formula is C27H23N3O4. The number of benzene rings is 2. The first kappa shape index (κ1) is 21.5. The molecule has 1 aliphatic heterocycles. The first-order valence-corrected chi connectivity index (χ1v) is 10.9. The summed E-state index contributed by atoms with van der Waals surface area (Å²) in [7, 11) is 1.50. The molecule has 2 aromatic heterocycles. The number of H-pyrrole nitrogens is 1. The van der Waals surface area contributed by atoms with Crippen molar-refractivity contribution in [3.8, 4) is 5.75 Å². The van der Waals surface area contributed by atoms with Crippen LogP contribution in [0, 0.1) is 6.92 Å². The average molecular weight is 453 g/mol. The molecule has 0 radical (unpaired) electrons. The van der Waals surface area contributed by atoms with Crippen molar-refractivity contribution >= 4 is 28.4 Å². The lowest BCUT2D eigenvalue weighted by atomic mass is 9.94. The lowest BCUT2D eigenvalue weighted by Crippen LogP contribution is -2.29. The van der Waals surface area contributed by atoms with E-state index in [0.717, 1.165) is 22.0 Å². The number of rotatable bonds is 5. The van der Waals surface area contributed by atoms with Crippen LogP contribution in [0.5, 0.6) is 5.75 Å². The summed E-state index contributed by atoms with van der Waals surface area (Å²) in [5, 5.41) is 12.3. The zero-order valence-corrected chi connectivity index (χ0v) is 18.8. The third-order valence-electron chi connectivity index (χ3n) is 6.12. The molecule has 2 N–H and O–H groups in total. The number of aromatic nitrogens is 2. The Labute approximate surface area is 196 Å². The second kappa shape index (κ2) is 8.51. The number of pyridine rings is 1. The predicted octanol–water partition coefficient (Wildman–Crippen LogP) is 4.50. The Bertz CT molecular complexity index is 1440. The van der Waals surface area contributed by atoms with Crippen LogP contribution in [0.4, 0.5) is 0 Å². The number of carbonyl (C=O) groups excluding carboxylic acids is 2. The molecule has 0 bridgehead atoms. The summed E-state index contributed by atoms with van der Waals surface area (Å²) in [6.45, 7) is 2.00. The second-order valence-electron chi connectivity index (χ2n) is 8.24. The average Bonchev–Trinajstić information content (AvgIpc) is 3.38. The number of aliphatic hydroxyl groups is 1. The van der Waals surface area contributed by atoms with Gasteiger partial charge < -0.3 is 19.7 Å². The molecule has 1 unspecified atom stereocenters.